The smallest absolute Gasteiger partial charge is 0.323 e. The zero-order valence-electron chi connectivity index (χ0n) is 18.2. The van der Waals surface area contributed by atoms with Crippen molar-refractivity contribution in [1.82, 2.24) is 4.98 Å². The molecule has 0 bridgehead atoms. The van der Waals surface area contributed by atoms with Crippen LogP contribution in [0.4, 0.5) is 20.6 Å². The highest BCUT2D eigenvalue weighted by molar-refractivity contribution is 6.33. The fraction of sp³-hybridized carbons (Fsp3) is 0.240. The predicted molar refractivity (Wildman–Crippen MR) is 128 cm³/mol. The number of carboxylic acid groups (broad SMARTS) is 1. The van der Waals surface area contributed by atoms with Gasteiger partial charge in [-0.25, -0.2) is 14.2 Å². The molecule has 1 fully saturated rings. The summed E-state index contributed by atoms with van der Waals surface area (Å²) in [4.78, 5) is 28.1. The van der Waals surface area contributed by atoms with Gasteiger partial charge < -0.3 is 20.5 Å². The lowest BCUT2D eigenvalue weighted by molar-refractivity contribution is -0.150. The number of ether oxygens (including phenoxy) is 1. The van der Waals surface area contributed by atoms with Gasteiger partial charge in [0.05, 0.1) is 10.7 Å². The normalized spacial score (nSPS) is 14.4. The number of carbonyl (C=O) groups is 2. The van der Waals surface area contributed by atoms with E-state index in [0.29, 0.717) is 30.1 Å². The van der Waals surface area contributed by atoms with Gasteiger partial charge in [0.1, 0.15) is 17.8 Å². The van der Waals surface area contributed by atoms with Crippen molar-refractivity contribution in [3.8, 4) is 17.0 Å². The third kappa shape index (κ3) is 5.46. The number of hydrogen-bond acceptors (Lipinski definition) is 4. The second-order valence-electron chi connectivity index (χ2n) is 8.25. The molecule has 3 N–H and O–H groups in total. The lowest BCUT2D eigenvalue weighted by Gasteiger charge is -2.23. The maximum absolute atomic E-state index is 13.1. The summed E-state index contributed by atoms with van der Waals surface area (Å²) in [6.45, 7) is 0.111. The lowest BCUT2D eigenvalue weighted by atomic mass is 9.87. The molecule has 1 aliphatic rings. The van der Waals surface area contributed by atoms with Crippen LogP contribution in [0.2, 0.25) is 5.02 Å². The van der Waals surface area contributed by atoms with E-state index < -0.39 is 23.2 Å². The van der Waals surface area contributed by atoms with E-state index in [0.717, 1.165) is 30.0 Å². The van der Waals surface area contributed by atoms with Crippen molar-refractivity contribution in [3.63, 3.8) is 0 Å². The van der Waals surface area contributed by atoms with Gasteiger partial charge in [0, 0.05) is 23.5 Å². The number of benzene rings is 2. The number of pyridine rings is 1. The molecule has 1 saturated carbocycles. The summed E-state index contributed by atoms with van der Waals surface area (Å²) in [5, 5.41) is 14.9. The number of anilines is 2. The van der Waals surface area contributed by atoms with Crippen molar-refractivity contribution in [1.29, 1.82) is 0 Å². The fourth-order valence-electron chi connectivity index (χ4n) is 3.94. The zero-order valence-corrected chi connectivity index (χ0v) is 18.9. The van der Waals surface area contributed by atoms with Crippen LogP contribution in [-0.2, 0) is 4.79 Å². The molecule has 34 heavy (non-hydrogen) atoms. The van der Waals surface area contributed by atoms with Gasteiger partial charge in [0.25, 0.3) is 0 Å². The molecule has 2 aromatic carbocycles. The van der Waals surface area contributed by atoms with Crippen molar-refractivity contribution in [3.05, 3.63) is 71.6 Å². The Morgan fingerprint density at radius 3 is 2.35 bits per heavy atom. The van der Waals surface area contributed by atoms with Gasteiger partial charge in [-0.1, -0.05) is 36.6 Å². The Bertz CT molecular complexity index is 1180. The van der Waals surface area contributed by atoms with E-state index in [1.807, 2.05) is 18.2 Å². The first kappa shape index (κ1) is 23.5. The van der Waals surface area contributed by atoms with Gasteiger partial charge >= 0.3 is 12.0 Å². The minimum atomic E-state index is -0.822. The summed E-state index contributed by atoms with van der Waals surface area (Å²) in [5.41, 5.74) is 1.76. The fourth-order valence-corrected chi connectivity index (χ4v) is 4.16. The second kappa shape index (κ2) is 10.1. The summed E-state index contributed by atoms with van der Waals surface area (Å²) in [6, 6.07) is 13.9. The Morgan fingerprint density at radius 2 is 1.74 bits per heavy atom. The van der Waals surface area contributed by atoms with Crippen LogP contribution in [0.25, 0.3) is 11.1 Å². The van der Waals surface area contributed by atoms with Gasteiger partial charge in [-0.05, 0) is 54.8 Å². The molecule has 0 atom stereocenters. The molecule has 9 heteroatoms. The summed E-state index contributed by atoms with van der Waals surface area (Å²) in [5.74, 6) is -0.922. The van der Waals surface area contributed by atoms with Gasteiger partial charge in [0.15, 0.2) is 0 Å². The van der Waals surface area contributed by atoms with Crippen LogP contribution in [0.3, 0.4) is 0 Å². The van der Waals surface area contributed by atoms with Crippen LogP contribution in [0.5, 0.6) is 5.88 Å². The highest BCUT2D eigenvalue weighted by Gasteiger charge is 2.42. The van der Waals surface area contributed by atoms with E-state index in [1.54, 1.807) is 24.4 Å². The molecule has 176 valence electrons. The van der Waals surface area contributed by atoms with Gasteiger partial charge in [0.2, 0.25) is 5.88 Å². The van der Waals surface area contributed by atoms with Crippen LogP contribution in [0.15, 0.2) is 60.8 Å². The number of carboxylic acids is 1. The van der Waals surface area contributed by atoms with E-state index in [1.165, 1.54) is 12.1 Å². The summed E-state index contributed by atoms with van der Waals surface area (Å²) in [7, 11) is 0. The quantitative estimate of drug-likeness (QED) is 0.371. The van der Waals surface area contributed by atoms with Gasteiger partial charge in [-0.3, -0.25) is 4.79 Å². The van der Waals surface area contributed by atoms with Crippen LogP contribution < -0.4 is 15.4 Å². The molecule has 4 rings (SSSR count). The van der Waals surface area contributed by atoms with Crippen LogP contribution >= 0.6 is 11.6 Å². The van der Waals surface area contributed by atoms with Crippen molar-refractivity contribution in [2.24, 2.45) is 5.41 Å². The molecule has 1 aromatic heterocycles. The monoisotopic (exact) mass is 483 g/mol. The van der Waals surface area contributed by atoms with E-state index in [4.69, 9.17) is 16.3 Å². The van der Waals surface area contributed by atoms with Crippen molar-refractivity contribution in [2.75, 3.05) is 17.2 Å². The van der Waals surface area contributed by atoms with Crippen LogP contribution in [-0.4, -0.2) is 28.7 Å². The molecule has 0 saturated heterocycles. The summed E-state index contributed by atoms with van der Waals surface area (Å²) in [6.07, 6.45) is 4.69. The van der Waals surface area contributed by atoms with Crippen molar-refractivity contribution < 1.29 is 23.8 Å². The number of aromatic nitrogens is 1. The van der Waals surface area contributed by atoms with Crippen molar-refractivity contribution in [2.45, 2.75) is 25.7 Å². The van der Waals surface area contributed by atoms with E-state index >= 15 is 0 Å². The molecule has 2 amide bonds. The number of nitrogens with zero attached hydrogens (tertiary/aromatic N) is 1. The molecular weight excluding hydrogens is 461 g/mol. The second-order valence-corrected chi connectivity index (χ2v) is 8.65. The molecule has 0 radical (unpaired) electrons. The average molecular weight is 484 g/mol. The van der Waals surface area contributed by atoms with Crippen LogP contribution in [0, 0.1) is 11.2 Å². The highest BCUT2D eigenvalue weighted by Crippen LogP contribution is 2.38. The average Bonchev–Trinajstić information content (AvgIpc) is 3.31. The number of amides is 2. The summed E-state index contributed by atoms with van der Waals surface area (Å²) < 4.78 is 18.8. The maximum atomic E-state index is 13.1. The molecule has 1 aliphatic carbocycles. The molecule has 0 aliphatic heterocycles. The molecular formula is C25H23ClFN3O4. The SMILES string of the molecule is O=C(Nc1ccc(-c2ccc(OCC3(C(=O)O)CCCC3)nc2)cc1)Nc1ccc(F)cc1Cl. The Kier molecular flexibility index (Phi) is 6.98. The first-order valence-corrected chi connectivity index (χ1v) is 11.2. The predicted octanol–water partition coefficient (Wildman–Crippen LogP) is 6.21. The Balaban J connectivity index is 1.34. The zero-order chi connectivity index (χ0) is 24.1. The Hall–Kier alpha value is -3.65. The maximum Gasteiger partial charge on any atom is 0.323 e. The standard InChI is InChI=1S/C25H23ClFN3O4/c26-20-13-18(27)6-9-21(20)30-24(33)29-19-7-3-16(4-8-19)17-5-10-22(28-14-17)34-15-25(23(31)32)11-1-2-12-25/h3-10,13-14H,1-2,11-12,15H2,(H,31,32)(H2,29,30,33). The van der Waals surface area contributed by atoms with Crippen molar-refractivity contribution >= 4 is 35.0 Å². The van der Waals surface area contributed by atoms with E-state index in [2.05, 4.69) is 15.6 Å². The molecule has 1 heterocycles. The molecule has 3 aromatic rings. The number of aliphatic carboxylic acids is 1. The van der Waals surface area contributed by atoms with E-state index in [-0.39, 0.29) is 11.6 Å². The van der Waals surface area contributed by atoms with Crippen LogP contribution in [0.1, 0.15) is 25.7 Å². The van der Waals surface area contributed by atoms with Gasteiger partial charge in [-0.15, -0.1) is 0 Å². The number of nitrogens with one attached hydrogen (secondary N) is 2. The first-order valence-electron chi connectivity index (χ1n) is 10.8. The Labute approximate surface area is 200 Å². The highest BCUT2D eigenvalue weighted by atomic mass is 35.5. The first-order chi connectivity index (χ1) is 16.3. The minimum absolute atomic E-state index is 0.104. The third-order valence-electron chi connectivity index (χ3n) is 5.90. The molecule has 0 spiro atoms. The molecule has 7 nitrogen and oxygen atoms in total. The lowest BCUT2D eigenvalue weighted by Crippen LogP contribution is -2.34. The topological polar surface area (TPSA) is 101 Å². The number of carbonyl (C=O) groups excluding carboxylic acids is 1. The third-order valence-corrected chi connectivity index (χ3v) is 6.22. The van der Waals surface area contributed by atoms with E-state index in [9.17, 15) is 19.1 Å². The number of rotatable bonds is 7. The number of urea groups is 1. The molecule has 0 unspecified atom stereocenters. The largest absolute Gasteiger partial charge is 0.481 e. The summed E-state index contributed by atoms with van der Waals surface area (Å²) >= 11 is 5.93. The minimum Gasteiger partial charge on any atom is -0.481 e. The van der Waals surface area contributed by atoms with Gasteiger partial charge in [-0.2, -0.15) is 0 Å². The Morgan fingerprint density at radius 1 is 1.03 bits per heavy atom. The number of hydrogen-bond donors (Lipinski definition) is 3. The number of halogens is 2.